The largest absolute Gasteiger partial charge is 0.360 e. The molecule has 0 spiro atoms. The molecule has 0 radical (unpaired) electrons. The summed E-state index contributed by atoms with van der Waals surface area (Å²) >= 11 is 0. The standard InChI is InChI=1S/C11H20O6/c1-9(2,3)11(7(12)16-14,8(13)17-15)10(4,5)6/h14-15H,1-6H3. The van der Waals surface area contributed by atoms with E-state index >= 15 is 0 Å². The van der Waals surface area contributed by atoms with Gasteiger partial charge < -0.3 is 0 Å². The third-order valence-corrected chi connectivity index (χ3v) is 3.03. The molecule has 0 saturated heterocycles. The first-order valence-electron chi connectivity index (χ1n) is 5.18. The zero-order chi connectivity index (χ0) is 14.1. The molecule has 0 bridgehead atoms. The van der Waals surface area contributed by atoms with E-state index < -0.39 is 28.2 Å². The van der Waals surface area contributed by atoms with Crippen molar-refractivity contribution in [2.75, 3.05) is 0 Å². The van der Waals surface area contributed by atoms with Crippen molar-refractivity contribution in [3.63, 3.8) is 0 Å². The fraction of sp³-hybridized carbons (Fsp3) is 0.818. The predicted octanol–water partition coefficient (Wildman–Crippen LogP) is 2.10. The van der Waals surface area contributed by atoms with Crippen molar-refractivity contribution in [1.29, 1.82) is 0 Å². The summed E-state index contributed by atoms with van der Waals surface area (Å²) in [6.07, 6.45) is 0. The molecule has 0 unspecified atom stereocenters. The molecule has 6 heteroatoms. The molecular weight excluding hydrogens is 228 g/mol. The van der Waals surface area contributed by atoms with Gasteiger partial charge in [-0.05, 0) is 10.8 Å². The van der Waals surface area contributed by atoms with Gasteiger partial charge in [0.05, 0.1) is 0 Å². The van der Waals surface area contributed by atoms with Crippen LogP contribution in [0, 0.1) is 16.2 Å². The highest BCUT2D eigenvalue weighted by molar-refractivity contribution is 6.01. The summed E-state index contributed by atoms with van der Waals surface area (Å²) in [5.41, 5.74) is -3.68. The predicted molar refractivity (Wildman–Crippen MR) is 58.8 cm³/mol. The van der Waals surface area contributed by atoms with Crippen LogP contribution in [0.1, 0.15) is 41.5 Å². The van der Waals surface area contributed by atoms with E-state index in [4.69, 9.17) is 10.5 Å². The van der Waals surface area contributed by atoms with Crippen LogP contribution in [-0.2, 0) is 19.4 Å². The first-order chi connectivity index (χ1) is 7.46. The van der Waals surface area contributed by atoms with E-state index in [1.165, 1.54) is 0 Å². The third-order valence-electron chi connectivity index (χ3n) is 3.03. The minimum absolute atomic E-state index is 0.926. The molecule has 0 amide bonds. The van der Waals surface area contributed by atoms with Crippen molar-refractivity contribution >= 4 is 11.9 Å². The Labute approximate surface area is 100 Å². The highest BCUT2D eigenvalue weighted by Crippen LogP contribution is 2.53. The second-order valence-electron chi connectivity index (χ2n) is 6.01. The van der Waals surface area contributed by atoms with Gasteiger partial charge in [0.15, 0.2) is 5.41 Å². The summed E-state index contributed by atoms with van der Waals surface area (Å²) in [6, 6.07) is 0. The maximum absolute atomic E-state index is 11.8. The van der Waals surface area contributed by atoms with E-state index in [0.717, 1.165) is 0 Å². The third kappa shape index (κ3) is 2.28. The lowest BCUT2D eigenvalue weighted by molar-refractivity contribution is -0.280. The van der Waals surface area contributed by atoms with Gasteiger partial charge in [-0.15, -0.1) is 0 Å². The van der Waals surface area contributed by atoms with Crippen LogP contribution in [0.2, 0.25) is 0 Å². The first-order valence-corrected chi connectivity index (χ1v) is 5.18. The quantitative estimate of drug-likeness (QED) is 0.441. The van der Waals surface area contributed by atoms with Gasteiger partial charge in [0.25, 0.3) is 0 Å². The molecule has 0 rings (SSSR count). The lowest BCUT2D eigenvalue weighted by Gasteiger charge is -2.46. The second kappa shape index (κ2) is 4.62. The molecule has 0 aromatic carbocycles. The molecule has 100 valence electrons. The molecule has 0 aliphatic rings. The Morgan fingerprint density at radius 1 is 0.765 bits per heavy atom. The Morgan fingerprint density at radius 2 is 1.00 bits per heavy atom. The van der Waals surface area contributed by atoms with E-state index in [9.17, 15) is 9.59 Å². The van der Waals surface area contributed by atoms with Gasteiger partial charge in [0.1, 0.15) is 0 Å². The lowest BCUT2D eigenvalue weighted by atomic mass is 9.54. The number of carbonyl (C=O) groups is 2. The van der Waals surface area contributed by atoms with Crippen molar-refractivity contribution in [3.8, 4) is 0 Å². The number of carbonyl (C=O) groups excluding carboxylic acids is 2. The van der Waals surface area contributed by atoms with Crippen LogP contribution in [0.3, 0.4) is 0 Å². The van der Waals surface area contributed by atoms with Crippen LogP contribution in [0.5, 0.6) is 0 Å². The highest BCUT2D eigenvalue weighted by Gasteiger charge is 2.65. The normalized spacial score (nSPS) is 13.2. The van der Waals surface area contributed by atoms with Crippen LogP contribution >= 0.6 is 0 Å². The molecule has 6 nitrogen and oxygen atoms in total. The van der Waals surface area contributed by atoms with Crippen molar-refractivity contribution < 1.29 is 29.9 Å². The number of hydrogen-bond acceptors (Lipinski definition) is 6. The summed E-state index contributed by atoms with van der Waals surface area (Å²) in [7, 11) is 0. The van der Waals surface area contributed by atoms with Crippen molar-refractivity contribution in [2.24, 2.45) is 16.2 Å². The van der Waals surface area contributed by atoms with Gasteiger partial charge in [-0.3, -0.25) is 9.78 Å². The number of hydrogen-bond donors (Lipinski definition) is 2. The fourth-order valence-electron chi connectivity index (χ4n) is 2.57. The van der Waals surface area contributed by atoms with Crippen LogP contribution in [0.15, 0.2) is 0 Å². The minimum atomic E-state index is -1.83. The molecule has 0 fully saturated rings. The maximum atomic E-state index is 11.8. The first kappa shape index (κ1) is 15.9. The maximum Gasteiger partial charge on any atom is 0.360 e. The van der Waals surface area contributed by atoms with Crippen LogP contribution in [-0.4, -0.2) is 22.5 Å². The van der Waals surface area contributed by atoms with E-state index in [-0.39, 0.29) is 0 Å². The van der Waals surface area contributed by atoms with E-state index in [2.05, 4.69) is 9.78 Å². The fourth-order valence-corrected chi connectivity index (χ4v) is 2.57. The summed E-state index contributed by atoms with van der Waals surface area (Å²) in [4.78, 5) is 31.2. The van der Waals surface area contributed by atoms with Gasteiger partial charge in [0, 0.05) is 0 Å². The summed E-state index contributed by atoms with van der Waals surface area (Å²) in [6.45, 7) is 9.70. The number of rotatable bonds is 2. The summed E-state index contributed by atoms with van der Waals surface area (Å²) < 4.78 is 0. The molecule has 17 heavy (non-hydrogen) atoms. The van der Waals surface area contributed by atoms with E-state index in [1.807, 2.05) is 0 Å². The van der Waals surface area contributed by atoms with Gasteiger partial charge in [0.2, 0.25) is 0 Å². The Bertz CT molecular complexity index is 275. The zero-order valence-electron chi connectivity index (χ0n) is 11.0. The van der Waals surface area contributed by atoms with E-state index in [1.54, 1.807) is 41.5 Å². The molecule has 0 aromatic heterocycles. The smallest absolute Gasteiger partial charge is 0.300 e. The Kier molecular flexibility index (Phi) is 4.31. The molecule has 2 N–H and O–H groups in total. The summed E-state index contributed by atoms with van der Waals surface area (Å²) in [5, 5.41) is 17.2. The van der Waals surface area contributed by atoms with Crippen LogP contribution in [0.25, 0.3) is 0 Å². The van der Waals surface area contributed by atoms with Crippen LogP contribution in [0.4, 0.5) is 0 Å². The van der Waals surface area contributed by atoms with Gasteiger partial charge in [-0.1, -0.05) is 41.5 Å². The average molecular weight is 248 g/mol. The minimum Gasteiger partial charge on any atom is -0.300 e. The Morgan fingerprint density at radius 3 is 1.12 bits per heavy atom. The molecule has 0 aromatic rings. The van der Waals surface area contributed by atoms with Gasteiger partial charge in [-0.2, -0.15) is 10.5 Å². The average Bonchev–Trinajstić information content (AvgIpc) is 2.13. The molecular formula is C11H20O6. The van der Waals surface area contributed by atoms with Crippen molar-refractivity contribution in [1.82, 2.24) is 0 Å². The monoisotopic (exact) mass is 248 g/mol. The van der Waals surface area contributed by atoms with Gasteiger partial charge >= 0.3 is 11.9 Å². The molecule has 0 heterocycles. The molecule has 0 saturated carbocycles. The Hall–Kier alpha value is -1.14. The van der Waals surface area contributed by atoms with Crippen molar-refractivity contribution in [2.45, 2.75) is 41.5 Å². The lowest BCUT2D eigenvalue weighted by Crippen LogP contribution is -2.58. The van der Waals surface area contributed by atoms with E-state index in [0.29, 0.717) is 0 Å². The molecule has 0 atom stereocenters. The molecule has 0 aliphatic carbocycles. The summed E-state index contributed by atoms with van der Waals surface area (Å²) in [5.74, 6) is -2.31. The van der Waals surface area contributed by atoms with Crippen LogP contribution < -0.4 is 0 Å². The second-order valence-corrected chi connectivity index (χ2v) is 6.01. The van der Waals surface area contributed by atoms with Crippen molar-refractivity contribution in [3.05, 3.63) is 0 Å². The topological polar surface area (TPSA) is 93.1 Å². The van der Waals surface area contributed by atoms with Gasteiger partial charge in [-0.25, -0.2) is 9.59 Å². The molecule has 0 aliphatic heterocycles. The Balaban J connectivity index is 6.12. The SMILES string of the molecule is CC(C)(C)C(C(=O)OO)(C(=O)OO)C(C)(C)C. The zero-order valence-corrected chi connectivity index (χ0v) is 11.0. The highest BCUT2D eigenvalue weighted by atomic mass is 17.1.